The topological polar surface area (TPSA) is 75.4 Å². The number of nitrogens with zero attached hydrogens (tertiary/aromatic N) is 2. The largest absolute Gasteiger partial charge is 0.476 e. The second-order valence-corrected chi connectivity index (χ2v) is 4.95. The minimum absolute atomic E-state index is 0.0119. The average molecular weight is 295 g/mol. The van der Waals surface area contributed by atoms with E-state index in [0.29, 0.717) is 23.4 Å². The number of carboxylic acids is 1. The van der Waals surface area contributed by atoms with Gasteiger partial charge in [0.15, 0.2) is 5.69 Å². The number of hydrogen-bond acceptors (Lipinski definition) is 3. The highest BCUT2D eigenvalue weighted by atomic mass is 35.5. The lowest BCUT2D eigenvalue weighted by molar-refractivity contribution is 0.0688. The Hall–Kier alpha value is -1.85. The summed E-state index contributed by atoms with van der Waals surface area (Å²) in [6.45, 7) is 1.92. The monoisotopic (exact) mass is 294 g/mol. The molecule has 1 aromatic carbocycles. The first-order valence-corrected chi connectivity index (χ1v) is 6.60. The Bertz CT molecular complexity index is 637. The quantitative estimate of drug-likeness (QED) is 0.888. The van der Waals surface area contributed by atoms with Gasteiger partial charge in [-0.3, -0.25) is 0 Å². The Kier molecular flexibility index (Phi) is 4.42. The number of aromatic nitrogens is 2. The molecule has 0 aliphatic carbocycles. The Labute approximate surface area is 121 Å². The molecule has 2 N–H and O–H groups in total. The summed E-state index contributed by atoms with van der Waals surface area (Å²) in [6.07, 6.45) is 2.65. The zero-order chi connectivity index (χ0) is 14.7. The van der Waals surface area contributed by atoms with Crippen LogP contribution in [0.3, 0.4) is 0 Å². The molecule has 0 radical (unpaired) electrons. The first-order chi connectivity index (χ1) is 9.52. The summed E-state index contributed by atoms with van der Waals surface area (Å²) in [5.74, 6) is -1.07. The van der Waals surface area contributed by atoms with Crippen molar-refractivity contribution in [2.45, 2.75) is 19.8 Å². The van der Waals surface area contributed by atoms with Crippen LogP contribution in [0.25, 0.3) is 5.69 Å². The van der Waals surface area contributed by atoms with Crippen molar-refractivity contribution in [2.75, 3.05) is 6.61 Å². The Morgan fingerprint density at radius 3 is 2.85 bits per heavy atom. The number of carbonyl (C=O) groups is 1. The lowest BCUT2D eigenvalue weighted by Gasteiger charge is -2.05. The van der Waals surface area contributed by atoms with Gasteiger partial charge in [-0.15, -0.1) is 0 Å². The number of aliphatic hydroxyl groups excluding tert-OH is 1. The predicted octanol–water partition coefficient (Wildman–Crippen LogP) is 2.46. The van der Waals surface area contributed by atoms with Crippen LogP contribution in [-0.4, -0.2) is 32.6 Å². The third-order valence-corrected chi connectivity index (χ3v) is 3.25. The molecule has 2 rings (SSSR count). The molecule has 0 amide bonds. The summed E-state index contributed by atoms with van der Waals surface area (Å²) in [6, 6.07) is 5.37. The summed E-state index contributed by atoms with van der Waals surface area (Å²) in [5.41, 5.74) is 2.31. The molecule has 1 heterocycles. The second-order valence-electron chi connectivity index (χ2n) is 4.51. The Morgan fingerprint density at radius 2 is 2.20 bits per heavy atom. The van der Waals surface area contributed by atoms with Gasteiger partial charge in [0.2, 0.25) is 0 Å². The van der Waals surface area contributed by atoms with E-state index in [1.165, 1.54) is 4.68 Å². The summed E-state index contributed by atoms with van der Waals surface area (Å²) in [7, 11) is 0. The van der Waals surface area contributed by atoms with E-state index in [1.54, 1.807) is 18.3 Å². The molecule has 5 nitrogen and oxygen atoms in total. The summed E-state index contributed by atoms with van der Waals surface area (Å²) >= 11 is 5.97. The molecule has 2 aromatic rings. The van der Waals surface area contributed by atoms with Crippen molar-refractivity contribution in [1.82, 2.24) is 9.78 Å². The molecule has 6 heteroatoms. The van der Waals surface area contributed by atoms with Crippen molar-refractivity contribution in [3.63, 3.8) is 0 Å². The predicted molar refractivity (Wildman–Crippen MR) is 75.7 cm³/mol. The van der Waals surface area contributed by atoms with Crippen molar-refractivity contribution >= 4 is 17.6 Å². The lowest BCUT2D eigenvalue weighted by Crippen LogP contribution is -2.04. The Balaban J connectivity index is 2.47. The van der Waals surface area contributed by atoms with Gasteiger partial charge < -0.3 is 10.2 Å². The van der Waals surface area contributed by atoms with Gasteiger partial charge in [0, 0.05) is 23.4 Å². The molecule has 0 spiro atoms. The number of halogens is 1. The fourth-order valence-electron chi connectivity index (χ4n) is 1.99. The second kappa shape index (κ2) is 6.07. The van der Waals surface area contributed by atoms with Crippen molar-refractivity contribution in [2.24, 2.45) is 0 Å². The molecule has 0 saturated carbocycles. The van der Waals surface area contributed by atoms with Gasteiger partial charge >= 0.3 is 5.97 Å². The van der Waals surface area contributed by atoms with E-state index in [1.807, 2.05) is 13.0 Å². The molecule has 0 atom stereocenters. The molecule has 0 aliphatic rings. The van der Waals surface area contributed by atoms with E-state index in [0.717, 1.165) is 11.3 Å². The first-order valence-electron chi connectivity index (χ1n) is 6.22. The third-order valence-electron chi connectivity index (χ3n) is 3.01. The Morgan fingerprint density at radius 1 is 1.45 bits per heavy atom. The zero-order valence-corrected chi connectivity index (χ0v) is 11.8. The van der Waals surface area contributed by atoms with Gasteiger partial charge in [-0.2, -0.15) is 5.10 Å². The van der Waals surface area contributed by atoms with Crippen molar-refractivity contribution in [3.8, 4) is 5.69 Å². The van der Waals surface area contributed by atoms with Crippen LogP contribution in [0.15, 0.2) is 24.4 Å². The van der Waals surface area contributed by atoms with Crippen molar-refractivity contribution < 1.29 is 15.0 Å². The van der Waals surface area contributed by atoms with Crippen LogP contribution >= 0.6 is 11.6 Å². The van der Waals surface area contributed by atoms with E-state index >= 15 is 0 Å². The van der Waals surface area contributed by atoms with E-state index in [9.17, 15) is 9.90 Å². The molecule has 0 aliphatic heterocycles. The smallest absolute Gasteiger partial charge is 0.356 e. The number of carboxylic acid groups (broad SMARTS) is 1. The number of benzene rings is 1. The normalized spacial score (nSPS) is 10.8. The van der Waals surface area contributed by atoms with E-state index in [4.69, 9.17) is 16.7 Å². The van der Waals surface area contributed by atoms with Crippen LogP contribution in [0.4, 0.5) is 0 Å². The highest BCUT2D eigenvalue weighted by molar-refractivity contribution is 6.30. The van der Waals surface area contributed by atoms with Crippen LogP contribution in [0.5, 0.6) is 0 Å². The molecular formula is C14H15ClN2O3. The molecular weight excluding hydrogens is 280 g/mol. The first kappa shape index (κ1) is 14.6. The van der Waals surface area contributed by atoms with E-state index in [2.05, 4.69) is 5.10 Å². The minimum Gasteiger partial charge on any atom is -0.476 e. The van der Waals surface area contributed by atoms with Crippen LogP contribution < -0.4 is 0 Å². The standard InChI is InChI=1S/C14H15ClN2O3/c1-9-4-5-11(15)7-12(9)17-8-10(3-2-6-18)13(16-17)14(19)20/h4-5,7-8,18H,2-3,6H2,1H3,(H,19,20). The van der Waals surface area contributed by atoms with E-state index < -0.39 is 5.97 Å². The molecule has 0 saturated heterocycles. The summed E-state index contributed by atoms with van der Waals surface area (Å²) < 4.78 is 1.53. The number of aliphatic hydroxyl groups is 1. The van der Waals surface area contributed by atoms with Crippen molar-refractivity contribution in [1.29, 1.82) is 0 Å². The maximum Gasteiger partial charge on any atom is 0.356 e. The van der Waals surface area contributed by atoms with Crippen LogP contribution in [0.2, 0.25) is 5.02 Å². The maximum atomic E-state index is 11.2. The number of hydrogen-bond donors (Lipinski definition) is 2. The molecule has 0 bridgehead atoms. The highest BCUT2D eigenvalue weighted by Crippen LogP contribution is 2.21. The van der Waals surface area contributed by atoms with Gasteiger partial charge in [-0.1, -0.05) is 17.7 Å². The van der Waals surface area contributed by atoms with Gasteiger partial charge in [0.05, 0.1) is 5.69 Å². The lowest BCUT2D eigenvalue weighted by atomic mass is 10.1. The van der Waals surface area contributed by atoms with Crippen molar-refractivity contribution in [3.05, 3.63) is 46.2 Å². The van der Waals surface area contributed by atoms with E-state index in [-0.39, 0.29) is 12.3 Å². The zero-order valence-electron chi connectivity index (χ0n) is 11.0. The summed E-state index contributed by atoms with van der Waals surface area (Å²) in [5, 5.41) is 22.7. The van der Waals surface area contributed by atoms with Crippen LogP contribution in [0, 0.1) is 6.92 Å². The molecule has 106 valence electrons. The van der Waals surface area contributed by atoms with Gasteiger partial charge in [0.1, 0.15) is 0 Å². The molecule has 0 unspecified atom stereocenters. The fraction of sp³-hybridized carbons (Fsp3) is 0.286. The van der Waals surface area contributed by atoms with Gasteiger partial charge in [-0.05, 0) is 37.5 Å². The third kappa shape index (κ3) is 3.00. The molecule has 20 heavy (non-hydrogen) atoms. The van der Waals surface area contributed by atoms with Crippen LogP contribution in [0.1, 0.15) is 28.0 Å². The minimum atomic E-state index is -1.07. The number of aryl methyl sites for hydroxylation is 2. The molecule has 1 aromatic heterocycles. The highest BCUT2D eigenvalue weighted by Gasteiger charge is 2.16. The van der Waals surface area contributed by atoms with Crippen LogP contribution in [-0.2, 0) is 6.42 Å². The fourth-order valence-corrected chi connectivity index (χ4v) is 2.16. The van der Waals surface area contributed by atoms with Gasteiger partial charge in [0.25, 0.3) is 0 Å². The average Bonchev–Trinajstić information content (AvgIpc) is 2.83. The maximum absolute atomic E-state index is 11.2. The SMILES string of the molecule is Cc1ccc(Cl)cc1-n1cc(CCCO)c(C(=O)O)n1. The number of aromatic carboxylic acids is 1. The van der Waals surface area contributed by atoms with Gasteiger partial charge in [-0.25, -0.2) is 9.48 Å². The molecule has 0 fully saturated rings. The number of rotatable bonds is 5. The summed E-state index contributed by atoms with van der Waals surface area (Å²) in [4.78, 5) is 11.2.